The summed E-state index contributed by atoms with van der Waals surface area (Å²) in [5.74, 6) is 1.26. The summed E-state index contributed by atoms with van der Waals surface area (Å²) in [5, 5.41) is 5.78. The maximum atomic E-state index is 12.7. The summed E-state index contributed by atoms with van der Waals surface area (Å²) in [6.07, 6.45) is 6.89. The van der Waals surface area contributed by atoms with Crippen LogP contribution < -0.4 is 20.1 Å². The van der Waals surface area contributed by atoms with Gasteiger partial charge >= 0.3 is 0 Å². The minimum Gasteiger partial charge on any atom is -0.493 e. The first-order valence-corrected chi connectivity index (χ1v) is 12.6. The van der Waals surface area contributed by atoms with Gasteiger partial charge in [0.15, 0.2) is 0 Å². The molecule has 0 aromatic heterocycles. The molecule has 2 amide bonds. The summed E-state index contributed by atoms with van der Waals surface area (Å²) in [6, 6.07) is 14.2. The Morgan fingerprint density at radius 3 is 1.36 bits per heavy atom. The molecule has 6 heteroatoms. The van der Waals surface area contributed by atoms with E-state index in [1.807, 2.05) is 48.5 Å². The maximum Gasteiger partial charge on any atom is 0.243 e. The predicted octanol–water partition coefficient (Wildman–Crippen LogP) is 4.93. The molecular formula is C30H38N2O4. The second-order valence-corrected chi connectivity index (χ2v) is 9.66. The van der Waals surface area contributed by atoms with E-state index in [1.54, 1.807) is 0 Å². The average molecular weight is 491 g/mol. The molecule has 1 saturated heterocycles. The molecule has 1 fully saturated rings. The van der Waals surface area contributed by atoms with Gasteiger partial charge < -0.3 is 20.1 Å². The normalized spacial score (nSPS) is 17.0. The monoisotopic (exact) mass is 490 g/mol. The standard InChI is InChI=1S/C30H38N2O4/c1-21(2)7-5-17-35-25-13-9-23(10-14-25)19-27-29(33)32-28(30(34)31-27)20-24-11-15-26(16-12-24)36-18-6-8-22(3)4/h7-16,27-28H,5-6,17-20H2,1-4H3,(H,31,34)(H,32,33). The van der Waals surface area contributed by atoms with Gasteiger partial charge in [-0.15, -0.1) is 0 Å². The fourth-order valence-corrected chi connectivity index (χ4v) is 3.93. The van der Waals surface area contributed by atoms with Crippen LogP contribution in [0.2, 0.25) is 0 Å². The van der Waals surface area contributed by atoms with Crippen molar-refractivity contribution in [3.63, 3.8) is 0 Å². The Bertz CT molecular complexity index is 976. The summed E-state index contributed by atoms with van der Waals surface area (Å²) >= 11 is 0. The van der Waals surface area contributed by atoms with E-state index < -0.39 is 12.1 Å². The lowest BCUT2D eigenvalue weighted by Crippen LogP contribution is -2.62. The number of rotatable bonds is 12. The van der Waals surface area contributed by atoms with Crippen LogP contribution in [0.1, 0.15) is 51.7 Å². The Labute approximate surface area is 214 Å². The summed E-state index contributed by atoms with van der Waals surface area (Å²) in [7, 11) is 0. The topological polar surface area (TPSA) is 76.7 Å². The molecule has 2 atom stereocenters. The lowest BCUT2D eigenvalue weighted by molar-refractivity contribution is -0.136. The molecule has 0 saturated carbocycles. The van der Waals surface area contributed by atoms with Gasteiger partial charge in [0.05, 0.1) is 13.2 Å². The van der Waals surface area contributed by atoms with Crippen LogP contribution in [0.4, 0.5) is 0 Å². The minimum absolute atomic E-state index is 0.166. The van der Waals surface area contributed by atoms with E-state index in [1.165, 1.54) is 11.1 Å². The average Bonchev–Trinajstić information content (AvgIpc) is 2.84. The van der Waals surface area contributed by atoms with Gasteiger partial charge in [-0.1, -0.05) is 47.6 Å². The fraction of sp³-hybridized carbons (Fsp3) is 0.400. The number of piperazine rings is 1. The van der Waals surface area contributed by atoms with Gasteiger partial charge in [-0.2, -0.15) is 0 Å². The van der Waals surface area contributed by atoms with E-state index in [4.69, 9.17) is 9.47 Å². The molecule has 0 spiro atoms. The summed E-state index contributed by atoms with van der Waals surface area (Å²) in [5.41, 5.74) is 4.48. The lowest BCUT2D eigenvalue weighted by atomic mass is 9.98. The van der Waals surface area contributed by atoms with E-state index in [9.17, 15) is 9.59 Å². The first-order chi connectivity index (χ1) is 17.3. The number of carbonyl (C=O) groups excluding carboxylic acids is 2. The number of hydrogen-bond donors (Lipinski definition) is 2. The molecule has 6 nitrogen and oxygen atoms in total. The van der Waals surface area contributed by atoms with Gasteiger partial charge in [-0.05, 0) is 75.9 Å². The van der Waals surface area contributed by atoms with Crippen LogP contribution in [-0.4, -0.2) is 37.1 Å². The van der Waals surface area contributed by atoms with E-state index in [0.29, 0.717) is 26.1 Å². The van der Waals surface area contributed by atoms with E-state index in [0.717, 1.165) is 35.5 Å². The minimum atomic E-state index is -0.588. The number of carbonyl (C=O) groups is 2. The van der Waals surface area contributed by atoms with Crippen molar-refractivity contribution in [1.29, 1.82) is 0 Å². The molecule has 2 aromatic rings. The third-order valence-corrected chi connectivity index (χ3v) is 5.87. The Morgan fingerprint density at radius 2 is 1.03 bits per heavy atom. The molecule has 36 heavy (non-hydrogen) atoms. The van der Waals surface area contributed by atoms with Crippen LogP contribution in [0, 0.1) is 0 Å². The molecule has 3 rings (SSSR count). The molecule has 2 aromatic carbocycles. The maximum absolute atomic E-state index is 12.7. The SMILES string of the molecule is CC(C)=CCCOc1ccc(CC2NC(=O)C(Cc3ccc(OCCC=C(C)C)cc3)NC2=O)cc1. The molecule has 0 aliphatic carbocycles. The van der Waals surface area contributed by atoms with Gasteiger partial charge in [-0.3, -0.25) is 9.59 Å². The van der Waals surface area contributed by atoms with Crippen LogP contribution >= 0.6 is 0 Å². The van der Waals surface area contributed by atoms with Crippen molar-refractivity contribution in [2.45, 2.75) is 65.5 Å². The zero-order valence-electron chi connectivity index (χ0n) is 21.8. The van der Waals surface area contributed by atoms with Crippen molar-refractivity contribution in [3.05, 3.63) is 83.0 Å². The molecule has 1 heterocycles. The third kappa shape index (κ3) is 8.91. The Balaban J connectivity index is 1.46. The smallest absolute Gasteiger partial charge is 0.243 e. The zero-order valence-corrected chi connectivity index (χ0v) is 21.8. The van der Waals surface area contributed by atoms with Crippen LogP contribution in [0.3, 0.4) is 0 Å². The number of benzene rings is 2. The number of ether oxygens (including phenoxy) is 2. The number of hydrogen-bond acceptors (Lipinski definition) is 4. The molecule has 1 aliphatic heterocycles. The van der Waals surface area contributed by atoms with Crippen molar-refractivity contribution < 1.29 is 19.1 Å². The van der Waals surface area contributed by atoms with Crippen LogP contribution in [-0.2, 0) is 22.4 Å². The second-order valence-electron chi connectivity index (χ2n) is 9.66. The van der Waals surface area contributed by atoms with Crippen molar-refractivity contribution in [2.24, 2.45) is 0 Å². The second kappa shape index (κ2) is 13.5. The number of nitrogens with one attached hydrogen (secondary N) is 2. The molecule has 0 bridgehead atoms. The van der Waals surface area contributed by atoms with E-state index in [-0.39, 0.29) is 11.8 Å². The number of allylic oxidation sites excluding steroid dienone is 2. The molecule has 1 aliphatic rings. The molecule has 2 unspecified atom stereocenters. The van der Waals surface area contributed by atoms with Crippen molar-refractivity contribution >= 4 is 11.8 Å². The van der Waals surface area contributed by atoms with Crippen LogP contribution in [0.25, 0.3) is 0 Å². The van der Waals surface area contributed by atoms with E-state index >= 15 is 0 Å². The van der Waals surface area contributed by atoms with E-state index in [2.05, 4.69) is 50.5 Å². The highest BCUT2D eigenvalue weighted by atomic mass is 16.5. The van der Waals surface area contributed by atoms with Gasteiger partial charge in [-0.25, -0.2) is 0 Å². The van der Waals surface area contributed by atoms with Gasteiger partial charge in [0, 0.05) is 12.8 Å². The van der Waals surface area contributed by atoms with Gasteiger partial charge in [0.1, 0.15) is 23.6 Å². The molecule has 0 radical (unpaired) electrons. The molecule has 192 valence electrons. The third-order valence-electron chi connectivity index (χ3n) is 5.87. The molecule has 2 N–H and O–H groups in total. The predicted molar refractivity (Wildman–Crippen MR) is 143 cm³/mol. The van der Waals surface area contributed by atoms with Crippen molar-refractivity contribution in [2.75, 3.05) is 13.2 Å². The van der Waals surface area contributed by atoms with Gasteiger partial charge in [0.2, 0.25) is 11.8 Å². The zero-order chi connectivity index (χ0) is 25.9. The van der Waals surface area contributed by atoms with Crippen molar-refractivity contribution in [3.8, 4) is 11.5 Å². The largest absolute Gasteiger partial charge is 0.493 e. The first kappa shape index (κ1) is 27.1. The Morgan fingerprint density at radius 1 is 0.667 bits per heavy atom. The highest BCUT2D eigenvalue weighted by Crippen LogP contribution is 2.17. The number of amides is 2. The quantitative estimate of drug-likeness (QED) is 0.327. The first-order valence-electron chi connectivity index (χ1n) is 12.6. The highest BCUT2D eigenvalue weighted by Gasteiger charge is 2.33. The highest BCUT2D eigenvalue weighted by molar-refractivity contribution is 5.97. The Kier molecular flexibility index (Phi) is 10.2. The van der Waals surface area contributed by atoms with Crippen molar-refractivity contribution in [1.82, 2.24) is 10.6 Å². The van der Waals surface area contributed by atoms with Gasteiger partial charge in [0.25, 0.3) is 0 Å². The Hall–Kier alpha value is -3.54. The fourth-order valence-electron chi connectivity index (χ4n) is 3.93. The summed E-state index contributed by atoms with van der Waals surface area (Å²) in [6.45, 7) is 9.52. The van der Waals surface area contributed by atoms with Crippen LogP contribution in [0.15, 0.2) is 71.8 Å². The summed E-state index contributed by atoms with van der Waals surface area (Å²) < 4.78 is 11.5. The molecular weight excluding hydrogens is 452 g/mol. The summed E-state index contributed by atoms with van der Waals surface area (Å²) in [4.78, 5) is 25.4. The van der Waals surface area contributed by atoms with Crippen LogP contribution in [0.5, 0.6) is 11.5 Å². The lowest BCUT2D eigenvalue weighted by Gasteiger charge is -2.29.